The highest BCUT2D eigenvalue weighted by molar-refractivity contribution is 9.10. The monoisotopic (exact) mass is 543 g/mol. The number of hydrogen-bond donors (Lipinski definition) is 1. The van der Waals surface area contributed by atoms with Gasteiger partial charge in [-0.25, -0.2) is 9.79 Å². The zero-order valence-electron chi connectivity index (χ0n) is 18.0. The smallest absolute Gasteiger partial charge is 0.338 e. The number of fused-ring (bicyclic) bond motifs is 1. The third kappa shape index (κ3) is 4.08. The molecule has 9 nitrogen and oxygen atoms in total. The molecule has 1 aromatic heterocycles. The molecule has 0 saturated heterocycles. The molecule has 3 aromatic rings. The van der Waals surface area contributed by atoms with E-state index in [-0.39, 0.29) is 15.7 Å². The molecule has 4 rings (SSSR count). The molecule has 0 saturated carbocycles. The summed E-state index contributed by atoms with van der Waals surface area (Å²) in [5.74, 6) is -1.13. The lowest BCUT2D eigenvalue weighted by Crippen LogP contribution is -2.40. The first-order valence-corrected chi connectivity index (χ1v) is 11.7. The number of allylic oxidation sites excluding steroid dienone is 1. The number of esters is 1. The summed E-state index contributed by atoms with van der Waals surface area (Å²) in [4.78, 5) is 41.8. The first-order chi connectivity index (χ1) is 16.3. The maximum Gasteiger partial charge on any atom is 0.338 e. The summed E-state index contributed by atoms with van der Waals surface area (Å²) >= 11 is 4.27. The van der Waals surface area contributed by atoms with Crippen molar-refractivity contribution in [3.8, 4) is 5.75 Å². The number of carbonyl (C=O) groups is 1. The van der Waals surface area contributed by atoms with Crippen LogP contribution in [0, 0.1) is 10.1 Å². The minimum absolute atomic E-state index is 0.102. The minimum atomic E-state index is -0.757. The molecule has 1 N–H and O–H groups in total. The Labute approximate surface area is 205 Å². The van der Waals surface area contributed by atoms with E-state index in [9.17, 15) is 24.8 Å². The second-order valence-electron chi connectivity index (χ2n) is 7.32. The fraction of sp³-hybridized carbons (Fsp3) is 0.174. The molecular formula is C23H18BrN3O6S. The largest absolute Gasteiger partial charge is 0.502 e. The maximum atomic E-state index is 13.5. The number of phenols is 1. The number of ether oxygens (including phenoxy) is 1. The summed E-state index contributed by atoms with van der Waals surface area (Å²) in [6, 6.07) is 11.0. The minimum Gasteiger partial charge on any atom is -0.502 e. The lowest BCUT2D eigenvalue weighted by atomic mass is 9.95. The first-order valence-electron chi connectivity index (χ1n) is 10.1. The van der Waals surface area contributed by atoms with Gasteiger partial charge in [-0.2, -0.15) is 0 Å². The molecule has 34 heavy (non-hydrogen) atoms. The second kappa shape index (κ2) is 9.35. The van der Waals surface area contributed by atoms with Crippen LogP contribution >= 0.6 is 27.3 Å². The van der Waals surface area contributed by atoms with Gasteiger partial charge in [-0.15, -0.1) is 0 Å². The number of hydrogen-bond acceptors (Lipinski definition) is 8. The average molecular weight is 544 g/mol. The van der Waals surface area contributed by atoms with Crippen molar-refractivity contribution in [1.82, 2.24) is 4.57 Å². The standard InChI is InChI=1S/C23H18BrN3O6S/c1-3-15-18(22(30)33-2)19(12-7-5-4-6-8-12)26-21(29)17(34-23(26)25-15)10-13-9-14(24)11-16(20(13)28)27(31)32/h4-11,19,28H,3H2,1-2H3/b17-10+/t19-/m1/s1. The molecule has 0 fully saturated rings. The molecule has 0 amide bonds. The third-order valence-corrected chi connectivity index (χ3v) is 6.77. The highest BCUT2D eigenvalue weighted by Gasteiger charge is 2.33. The number of rotatable bonds is 5. The average Bonchev–Trinajstić information content (AvgIpc) is 3.14. The van der Waals surface area contributed by atoms with Crippen LogP contribution in [-0.4, -0.2) is 27.7 Å². The summed E-state index contributed by atoms with van der Waals surface area (Å²) in [5, 5.41) is 21.7. The quantitative estimate of drug-likeness (QED) is 0.299. The molecule has 1 atom stereocenters. The van der Waals surface area contributed by atoms with Crippen molar-refractivity contribution in [2.45, 2.75) is 19.4 Å². The van der Waals surface area contributed by atoms with Gasteiger partial charge < -0.3 is 9.84 Å². The van der Waals surface area contributed by atoms with E-state index in [1.165, 1.54) is 29.9 Å². The summed E-state index contributed by atoms with van der Waals surface area (Å²) in [5.41, 5.74) is 0.654. The predicted octanol–water partition coefficient (Wildman–Crippen LogP) is 3.17. The van der Waals surface area contributed by atoms with Gasteiger partial charge in [0.25, 0.3) is 5.56 Å². The summed E-state index contributed by atoms with van der Waals surface area (Å²) < 4.78 is 7.01. The van der Waals surface area contributed by atoms with Gasteiger partial charge in [-0.3, -0.25) is 19.5 Å². The lowest BCUT2D eigenvalue weighted by Gasteiger charge is -2.25. The van der Waals surface area contributed by atoms with Crippen LogP contribution in [0.5, 0.6) is 5.75 Å². The molecule has 0 unspecified atom stereocenters. The number of aromatic nitrogens is 1. The van der Waals surface area contributed by atoms with Crippen LogP contribution in [-0.2, 0) is 9.53 Å². The van der Waals surface area contributed by atoms with E-state index in [1.807, 2.05) is 37.3 Å². The molecule has 0 bridgehead atoms. The number of thiazole rings is 1. The van der Waals surface area contributed by atoms with Crippen LogP contribution in [0.1, 0.15) is 30.5 Å². The normalized spacial score (nSPS) is 15.6. The lowest BCUT2D eigenvalue weighted by molar-refractivity contribution is -0.385. The molecule has 174 valence electrons. The highest BCUT2D eigenvalue weighted by Crippen LogP contribution is 2.34. The van der Waals surface area contributed by atoms with Gasteiger partial charge in [0.05, 0.1) is 33.9 Å². The molecule has 0 aliphatic carbocycles. The Kier molecular flexibility index (Phi) is 6.49. The number of phenolic OH excluding ortho intramolecular Hbond substituents is 1. The van der Waals surface area contributed by atoms with Gasteiger partial charge in [0, 0.05) is 16.1 Å². The van der Waals surface area contributed by atoms with Gasteiger partial charge in [0.1, 0.15) is 0 Å². The fourth-order valence-corrected chi connectivity index (χ4v) is 5.28. The van der Waals surface area contributed by atoms with Gasteiger partial charge in [0.15, 0.2) is 4.80 Å². The van der Waals surface area contributed by atoms with Crippen molar-refractivity contribution in [2.24, 2.45) is 4.99 Å². The molecule has 1 aliphatic rings. The molecule has 0 radical (unpaired) electrons. The zero-order valence-corrected chi connectivity index (χ0v) is 20.4. The number of carbonyl (C=O) groups excluding carboxylic acids is 1. The number of aromatic hydroxyl groups is 1. The number of halogens is 1. The van der Waals surface area contributed by atoms with Gasteiger partial charge in [-0.05, 0) is 24.1 Å². The van der Waals surface area contributed by atoms with Crippen LogP contribution in [0.3, 0.4) is 0 Å². The maximum absolute atomic E-state index is 13.5. The highest BCUT2D eigenvalue weighted by atomic mass is 79.9. The van der Waals surface area contributed by atoms with E-state index >= 15 is 0 Å². The Hall–Kier alpha value is -3.57. The van der Waals surface area contributed by atoms with E-state index in [0.717, 1.165) is 11.3 Å². The SMILES string of the molecule is CCC1=C(C(=O)OC)[C@@H](c2ccccc2)n2c(s/c(=C/c3cc(Br)cc([N+](=O)[O-])c3O)c2=O)=N1. The first kappa shape index (κ1) is 23.6. The topological polar surface area (TPSA) is 124 Å². The molecular weight excluding hydrogens is 526 g/mol. The fourth-order valence-electron chi connectivity index (χ4n) is 3.81. The molecule has 0 spiro atoms. The van der Waals surface area contributed by atoms with E-state index in [0.29, 0.717) is 27.0 Å². The van der Waals surface area contributed by atoms with Crippen molar-refractivity contribution >= 4 is 45.0 Å². The van der Waals surface area contributed by atoms with Crippen LogP contribution in [0.2, 0.25) is 0 Å². The summed E-state index contributed by atoms with van der Waals surface area (Å²) in [7, 11) is 1.28. The van der Waals surface area contributed by atoms with E-state index in [4.69, 9.17) is 4.74 Å². The molecule has 2 heterocycles. The summed E-state index contributed by atoms with van der Waals surface area (Å²) in [6.07, 6.45) is 1.82. The van der Waals surface area contributed by atoms with E-state index in [1.54, 1.807) is 0 Å². The van der Waals surface area contributed by atoms with Gasteiger partial charge >= 0.3 is 11.7 Å². The van der Waals surface area contributed by atoms with Crippen LogP contribution in [0.4, 0.5) is 5.69 Å². The number of methoxy groups -OCH3 is 1. The van der Waals surface area contributed by atoms with Gasteiger partial charge in [0.2, 0.25) is 5.75 Å². The third-order valence-electron chi connectivity index (χ3n) is 5.33. The van der Waals surface area contributed by atoms with Crippen molar-refractivity contribution in [3.63, 3.8) is 0 Å². The number of nitro groups is 1. The summed E-state index contributed by atoms with van der Waals surface area (Å²) in [6.45, 7) is 1.86. The Balaban J connectivity index is 2.02. The predicted molar refractivity (Wildman–Crippen MR) is 129 cm³/mol. The Bertz CT molecular complexity index is 1520. The van der Waals surface area contributed by atoms with Crippen molar-refractivity contribution in [2.75, 3.05) is 7.11 Å². The van der Waals surface area contributed by atoms with Crippen LogP contribution < -0.4 is 14.9 Å². The number of nitrogens with zero attached hydrogens (tertiary/aromatic N) is 3. The molecule has 11 heteroatoms. The van der Waals surface area contributed by atoms with Crippen LogP contribution in [0.15, 0.2) is 68.0 Å². The Morgan fingerprint density at radius 1 is 1.35 bits per heavy atom. The van der Waals surface area contributed by atoms with Crippen LogP contribution in [0.25, 0.3) is 6.08 Å². The number of nitro benzene ring substituents is 1. The van der Waals surface area contributed by atoms with E-state index < -0.39 is 33.9 Å². The Morgan fingerprint density at radius 2 is 2.06 bits per heavy atom. The van der Waals surface area contributed by atoms with Crippen molar-refractivity contribution in [1.29, 1.82) is 0 Å². The number of benzene rings is 2. The van der Waals surface area contributed by atoms with Crippen molar-refractivity contribution in [3.05, 3.63) is 99.1 Å². The zero-order chi connectivity index (χ0) is 24.6. The molecule has 1 aliphatic heterocycles. The van der Waals surface area contributed by atoms with E-state index in [2.05, 4.69) is 20.9 Å². The Morgan fingerprint density at radius 3 is 2.68 bits per heavy atom. The van der Waals surface area contributed by atoms with Crippen molar-refractivity contribution < 1.29 is 19.6 Å². The van der Waals surface area contributed by atoms with Gasteiger partial charge in [-0.1, -0.05) is 64.5 Å². The molecule has 2 aromatic carbocycles. The second-order valence-corrected chi connectivity index (χ2v) is 9.24.